The summed E-state index contributed by atoms with van der Waals surface area (Å²) in [5.41, 5.74) is 9.25. The molecule has 0 saturated heterocycles. The first-order chi connectivity index (χ1) is 10.7. The highest BCUT2D eigenvalue weighted by molar-refractivity contribution is 5.85. The Morgan fingerprint density at radius 1 is 0.727 bits per heavy atom. The van der Waals surface area contributed by atoms with Crippen molar-refractivity contribution in [3.8, 4) is 22.3 Å². The highest BCUT2D eigenvalue weighted by atomic mass is 14.1. The first kappa shape index (κ1) is 14.6. The van der Waals surface area contributed by atoms with E-state index in [0.717, 1.165) is 6.42 Å². The summed E-state index contributed by atoms with van der Waals surface area (Å²) >= 11 is 0. The van der Waals surface area contributed by atoms with Gasteiger partial charge >= 0.3 is 0 Å². The minimum atomic E-state index is 1.08. The molecule has 0 heterocycles. The molecule has 0 aliphatic carbocycles. The van der Waals surface area contributed by atoms with Crippen LogP contribution < -0.4 is 0 Å². The molecule has 0 aliphatic heterocycles. The van der Waals surface area contributed by atoms with Crippen LogP contribution in [0, 0.1) is 13.8 Å². The Labute approximate surface area is 133 Å². The summed E-state index contributed by atoms with van der Waals surface area (Å²) in [5.74, 6) is 0. The van der Waals surface area contributed by atoms with Crippen LogP contribution in [0.2, 0.25) is 0 Å². The Balaban J connectivity index is 2.18. The van der Waals surface area contributed by atoms with Crippen LogP contribution in [0.15, 0.2) is 66.7 Å². The third-order valence-electron chi connectivity index (χ3n) is 4.25. The van der Waals surface area contributed by atoms with Crippen LogP contribution in [0.4, 0.5) is 0 Å². The zero-order chi connectivity index (χ0) is 15.5. The molecular formula is C22H22. The maximum atomic E-state index is 2.26. The van der Waals surface area contributed by atoms with Crippen LogP contribution in [0.1, 0.15) is 23.6 Å². The van der Waals surface area contributed by atoms with E-state index in [-0.39, 0.29) is 0 Å². The molecule has 110 valence electrons. The Bertz CT molecular complexity index is 779. The molecule has 0 bridgehead atoms. The Morgan fingerprint density at radius 2 is 1.45 bits per heavy atom. The van der Waals surface area contributed by atoms with Gasteiger partial charge in [-0.1, -0.05) is 79.2 Å². The van der Waals surface area contributed by atoms with E-state index in [1.807, 2.05) is 0 Å². The lowest BCUT2D eigenvalue weighted by atomic mass is 9.90. The first-order valence-electron chi connectivity index (χ1n) is 7.95. The molecule has 0 spiro atoms. The lowest BCUT2D eigenvalue weighted by molar-refractivity contribution is 1.14. The first-order valence-corrected chi connectivity index (χ1v) is 7.95. The standard InChI is InChI=1S/C22H22/c1-4-18-11-13-19(14-12-18)22-17(3)8-6-10-21(22)20-9-5-7-16(2)15-20/h5-15H,4H2,1-3H3. The monoisotopic (exact) mass is 286 g/mol. The topological polar surface area (TPSA) is 0 Å². The summed E-state index contributed by atoms with van der Waals surface area (Å²) in [6, 6.07) is 24.3. The second kappa shape index (κ2) is 6.19. The van der Waals surface area contributed by atoms with Gasteiger partial charge in [-0.05, 0) is 53.6 Å². The van der Waals surface area contributed by atoms with Gasteiger partial charge in [0.25, 0.3) is 0 Å². The quantitative estimate of drug-likeness (QED) is 0.537. The number of aryl methyl sites for hydroxylation is 3. The number of benzene rings is 3. The van der Waals surface area contributed by atoms with Crippen LogP contribution in [-0.4, -0.2) is 0 Å². The van der Waals surface area contributed by atoms with Crippen molar-refractivity contribution in [1.82, 2.24) is 0 Å². The van der Waals surface area contributed by atoms with Crippen LogP contribution >= 0.6 is 0 Å². The van der Waals surface area contributed by atoms with Gasteiger partial charge in [0.15, 0.2) is 0 Å². The normalized spacial score (nSPS) is 10.7. The highest BCUT2D eigenvalue weighted by Gasteiger charge is 2.10. The maximum Gasteiger partial charge on any atom is -0.00761 e. The molecule has 0 heteroatoms. The summed E-state index contributed by atoms with van der Waals surface area (Å²) in [6.45, 7) is 6.54. The molecular weight excluding hydrogens is 264 g/mol. The van der Waals surface area contributed by atoms with Gasteiger partial charge in [-0.3, -0.25) is 0 Å². The average molecular weight is 286 g/mol. The molecule has 0 radical (unpaired) electrons. The third-order valence-corrected chi connectivity index (χ3v) is 4.25. The van der Waals surface area contributed by atoms with Gasteiger partial charge < -0.3 is 0 Å². The minimum Gasteiger partial charge on any atom is -0.0614 e. The van der Waals surface area contributed by atoms with Crippen molar-refractivity contribution in [1.29, 1.82) is 0 Å². The second-order valence-electron chi connectivity index (χ2n) is 5.92. The average Bonchev–Trinajstić information content (AvgIpc) is 2.55. The molecule has 3 aromatic carbocycles. The van der Waals surface area contributed by atoms with E-state index in [0.29, 0.717) is 0 Å². The molecule has 22 heavy (non-hydrogen) atoms. The summed E-state index contributed by atoms with van der Waals surface area (Å²) in [4.78, 5) is 0. The lowest BCUT2D eigenvalue weighted by Gasteiger charge is -2.14. The fraction of sp³-hybridized carbons (Fsp3) is 0.182. The number of hydrogen-bond acceptors (Lipinski definition) is 0. The van der Waals surface area contributed by atoms with Crippen molar-refractivity contribution in [3.63, 3.8) is 0 Å². The molecule has 0 aliphatic rings. The minimum absolute atomic E-state index is 1.08. The molecule has 3 rings (SSSR count). The van der Waals surface area contributed by atoms with Crippen molar-refractivity contribution >= 4 is 0 Å². The van der Waals surface area contributed by atoms with Gasteiger partial charge in [-0.25, -0.2) is 0 Å². The van der Waals surface area contributed by atoms with Crippen LogP contribution in [-0.2, 0) is 6.42 Å². The van der Waals surface area contributed by atoms with Gasteiger partial charge in [-0.2, -0.15) is 0 Å². The van der Waals surface area contributed by atoms with E-state index in [2.05, 4.69) is 87.5 Å². The molecule has 0 aromatic heterocycles. The van der Waals surface area contributed by atoms with Gasteiger partial charge in [0, 0.05) is 0 Å². The molecule has 0 fully saturated rings. The summed E-state index contributed by atoms with van der Waals surface area (Å²) in [5, 5.41) is 0. The molecule has 0 N–H and O–H groups in total. The molecule has 0 amide bonds. The van der Waals surface area contributed by atoms with Gasteiger partial charge in [-0.15, -0.1) is 0 Å². The van der Waals surface area contributed by atoms with Gasteiger partial charge in [0.1, 0.15) is 0 Å². The Morgan fingerprint density at radius 3 is 2.14 bits per heavy atom. The van der Waals surface area contributed by atoms with Crippen LogP contribution in [0.5, 0.6) is 0 Å². The zero-order valence-electron chi connectivity index (χ0n) is 13.6. The summed E-state index contributed by atoms with van der Waals surface area (Å²) < 4.78 is 0. The van der Waals surface area contributed by atoms with E-state index in [9.17, 15) is 0 Å². The maximum absolute atomic E-state index is 2.26. The van der Waals surface area contributed by atoms with E-state index in [1.165, 1.54) is 38.9 Å². The van der Waals surface area contributed by atoms with E-state index >= 15 is 0 Å². The molecule has 0 nitrogen and oxygen atoms in total. The van der Waals surface area contributed by atoms with Crippen LogP contribution in [0.25, 0.3) is 22.3 Å². The van der Waals surface area contributed by atoms with E-state index in [4.69, 9.17) is 0 Å². The molecule has 0 atom stereocenters. The fourth-order valence-corrected chi connectivity index (χ4v) is 3.01. The third kappa shape index (κ3) is 2.82. The summed E-state index contributed by atoms with van der Waals surface area (Å²) in [6.07, 6.45) is 1.08. The van der Waals surface area contributed by atoms with Crippen LogP contribution in [0.3, 0.4) is 0 Å². The fourth-order valence-electron chi connectivity index (χ4n) is 3.01. The molecule has 3 aromatic rings. The van der Waals surface area contributed by atoms with Crippen molar-refractivity contribution in [2.75, 3.05) is 0 Å². The predicted molar refractivity (Wildman–Crippen MR) is 96.2 cm³/mol. The van der Waals surface area contributed by atoms with E-state index < -0.39 is 0 Å². The summed E-state index contributed by atoms with van der Waals surface area (Å²) in [7, 11) is 0. The molecule has 0 unspecified atom stereocenters. The predicted octanol–water partition coefficient (Wildman–Crippen LogP) is 6.20. The molecule has 0 saturated carbocycles. The van der Waals surface area contributed by atoms with Crippen molar-refractivity contribution in [2.45, 2.75) is 27.2 Å². The van der Waals surface area contributed by atoms with Crippen molar-refractivity contribution < 1.29 is 0 Å². The SMILES string of the molecule is CCc1ccc(-c2c(C)cccc2-c2cccc(C)c2)cc1. The Kier molecular flexibility index (Phi) is 4.11. The van der Waals surface area contributed by atoms with Gasteiger partial charge in [0.2, 0.25) is 0 Å². The zero-order valence-corrected chi connectivity index (χ0v) is 13.6. The number of rotatable bonds is 3. The van der Waals surface area contributed by atoms with Gasteiger partial charge in [0.05, 0.1) is 0 Å². The smallest absolute Gasteiger partial charge is 0.00761 e. The largest absolute Gasteiger partial charge is 0.0614 e. The van der Waals surface area contributed by atoms with Crippen molar-refractivity contribution in [3.05, 3.63) is 83.4 Å². The van der Waals surface area contributed by atoms with E-state index in [1.54, 1.807) is 0 Å². The number of hydrogen-bond donors (Lipinski definition) is 0. The highest BCUT2D eigenvalue weighted by Crippen LogP contribution is 2.35. The second-order valence-corrected chi connectivity index (χ2v) is 5.92. The Hall–Kier alpha value is -2.34. The van der Waals surface area contributed by atoms with Crippen molar-refractivity contribution in [2.24, 2.45) is 0 Å². The lowest BCUT2D eigenvalue weighted by Crippen LogP contribution is -1.90.